The van der Waals surface area contributed by atoms with Crippen molar-refractivity contribution >= 4 is 17.5 Å². The van der Waals surface area contributed by atoms with Gasteiger partial charge in [0.2, 0.25) is 5.95 Å². The average molecular weight is 388 g/mol. The summed E-state index contributed by atoms with van der Waals surface area (Å²) in [7, 11) is 0. The molecule has 0 saturated heterocycles. The van der Waals surface area contributed by atoms with Gasteiger partial charge in [-0.25, -0.2) is 4.68 Å². The van der Waals surface area contributed by atoms with Crippen LogP contribution in [0.4, 0.5) is 5.95 Å². The van der Waals surface area contributed by atoms with E-state index in [-0.39, 0.29) is 0 Å². The minimum absolute atomic E-state index is 0.351. The molecule has 1 N–H and O–H groups in total. The number of ether oxygens (including phenoxy) is 2. The Morgan fingerprint density at radius 2 is 1.85 bits per heavy atom. The predicted octanol–water partition coefficient (Wildman–Crippen LogP) is 3.94. The highest BCUT2D eigenvalue weighted by Gasteiger charge is 2.13. The van der Waals surface area contributed by atoms with Crippen molar-refractivity contribution in [3.63, 3.8) is 0 Å². The summed E-state index contributed by atoms with van der Waals surface area (Å²) < 4.78 is 13.5. The summed E-state index contributed by atoms with van der Waals surface area (Å²) in [5.74, 6) is 1.98. The van der Waals surface area contributed by atoms with Gasteiger partial charge in [0.1, 0.15) is 6.61 Å². The molecule has 0 amide bonds. The van der Waals surface area contributed by atoms with E-state index in [2.05, 4.69) is 20.8 Å². The first-order chi connectivity index (χ1) is 13.2. The van der Waals surface area contributed by atoms with Gasteiger partial charge in [-0.05, 0) is 36.4 Å². The fourth-order valence-electron chi connectivity index (χ4n) is 2.62. The molecule has 0 aliphatic carbocycles. The Morgan fingerprint density at radius 3 is 2.63 bits per heavy atom. The van der Waals surface area contributed by atoms with Gasteiger partial charge in [-0.1, -0.05) is 47.0 Å². The van der Waals surface area contributed by atoms with Crippen molar-refractivity contribution in [2.75, 3.05) is 11.9 Å². The zero-order chi connectivity index (χ0) is 19.1. The molecule has 7 nitrogen and oxygen atoms in total. The number of hydrogen-bond acceptors (Lipinski definition) is 6. The highest BCUT2D eigenvalue weighted by molar-refractivity contribution is 6.31. The molecule has 3 rings (SSSR count). The predicted molar refractivity (Wildman–Crippen MR) is 104 cm³/mol. The highest BCUT2D eigenvalue weighted by Crippen LogP contribution is 2.33. The SMILES string of the molecule is CCOc1cccc(CNc2nnnn2CC)c1OCc1ccccc1Cl. The van der Waals surface area contributed by atoms with Crippen LogP contribution >= 0.6 is 11.6 Å². The number of halogens is 1. The smallest absolute Gasteiger partial charge is 0.243 e. The topological polar surface area (TPSA) is 74.1 Å². The molecule has 1 heterocycles. The number of hydrogen-bond donors (Lipinski definition) is 1. The third-order valence-electron chi connectivity index (χ3n) is 3.96. The molecule has 8 heteroatoms. The summed E-state index contributed by atoms with van der Waals surface area (Å²) in [5, 5.41) is 15.5. The maximum Gasteiger partial charge on any atom is 0.243 e. The number of tetrazole rings is 1. The number of aromatic nitrogens is 4. The van der Waals surface area contributed by atoms with Crippen LogP contribution in [-0.2, 0) is 19.7 Å². The maximum atomic E-state index is 6.24. The Morgan fingerprint density at radius 1 is 1.04 bits per heavy atom. The van der Waals surface area contributed by atoms with Gasteiger partial charge < -0.3 is 14.8 Å². The van der Waals surface area contributed by atoms with Gasteiger partial charge in [0, 0.05) is 29.2 Å². The summed E-state index contributed by atoms with van der Waals surface area (Å²) in [6.07, 6.45) is 0. The molecule has 0 bridgehead atoms. The monoisotopic (exact) mass is 387 g/mol. The van der Waals surface area contributed by atoms with E-state index >= 15 is 0 Å². The molecule has 0 spiro atoms. The fraction of sp³-hybridized carbons (Fsp3) is 0.316. The van der Waals surface area contributed by atoms with E-state index in [0.717, 1.165) is 11.1 Å². The summed E-state index contributed by atoms with van der Waals surface area (Å²) in [4.78, 5) is 0. The largest absolute Gasteiger partial charge is 0.490 e. The first kappa shape index (κ1) is 19.0. The number of rotatable bonds is 9. The molecule has 0 fully saturated rings. The van der Waals surface area contributed by atoms with E-state index < -0.39 is 0 Å². The molecule has 3 aromatic rings. The molecule has 0 radical (unpaired) electrons. The van der Waals surface area contributed by atoms with Crippen LogP contribution in [0.15, 0.2) is 42.5 Å². The minimum Gasteiger partial charge on any atom is -0.490 e. The number of para-hydroxylation sites is 1. The van der Waals surface area contributed by atoms with Gasteiger partial charge in [-0.2, -0.15) is 0 Å². The van der Waals surface area contributed by atoms with Crippen molar-refractivity contribution in [3.05, 3.63) is 58.6 Å². The number of aryl methyl sites for hydroxylation is 1. The van der Waals surface area contributed by atoms with Crippen LogP contribution in [0.5, 0.6) is 11.5 Å². The van der Waals surface area contributed by atoms with Crippen molar-refractivity contribution in [2.24, 2.45) is 0 Å². The molecule has 0 aliphatic rings. The first-order valence-corrected chi connectivity index (χ1v) is 9.21. The summed E-state index contributed by atoms with van der Waals surface area (Å²) in [5.41, 5.74) is 1.86. The fourth-order valence-corrected chi connectivity index (χ4v) is 2.81. The molecule has 27 heavy (non-hydrogen) atoms. The summed E-state index contributed by atoms with van der Waals surface area (Å²) in [6, 6.07) is 13.4. The molecule has 142 valence electrons. The Balaban J connectivity index is 1.80. The second kappa shape index (κ2) is 9.23. The average Bonchev–Trinajstić information content (AvgIpc) is 3.14. The second-order valence-electron chi connectivity index (χ2n) is 5.73. The van der Waals surface area contributed by atoms with Gasteiger partial charge in [0.05, 0.1) is 6.61 Å². The van der Waals surface area contributed by atoms with E-state index in [4.69, 9.17) is 21.1 Å². The molecular weight excluding hydrogens is 366 g/mol. The quantitative estimate of drug-likeness (QED) is 0.599. The van der Waals surface area contributed by atoms with E-state index in [1.54, 1.807) is 4.68 Å². The van der Waals surface area contributed by atoms with Crippen LogP contribution in [0.2, 0.25) is 5.02 Å². The van der Waals surface area contributed by atoms with Crippen LogP contribution in [-0.4, -0.2) is 26.8 Å². The zero-order valence-corrected chi connectivity index (χ0v) is 16.1. The van der Waals surface area contributed by atoms with Crippen LogP contribution in [0.1, 0.15) is 25.0 Å². The number of benzene rings is 2. The highest BCUT2D eigenvalue weighted by atomic mass is 35.5. The van der Waals surface area contributed by atoms with Crippen LogP contribution in [0.3, 0.4) is 0 Å². The lowest BCUT2D eigenvalue weighted by molar-refractivity contribution is 0.267. The molecular formula is C19H22ClN5O2. The number of nitrogens with zero attached hydrogens (tertiary/aromatic N) is 4. The minimum atomic E-state index is 0.351. The third kappa shape index (κ3) is 4.68. The van der Waals surface area contributed by atoms with Crippen molar-refractivity contribution in [1.82, 2.24) is 20.2 Å². The Labute approximate surface area is 163 Å². The van der Waals surface area contributed by atoms with Crippen LogP contribution in [0.25, 0.3) is 0 Å². The van der Waals surface area contributed by atoms with E-state index in [9.17, 15) is 0 Å². The number of anilines is 1. The molecule has 2 aromatic carbocycles. The molecule has 0 atom stereocenters. The van der Waals surface area contributed by atoms with Crippen LogP contribution in [0, 0.1) is 0 Å². The van der Waals surface area contributed by atoms with E-state index in [1.165, 1.54) is 0 Å². The molecule has 1 aromatic heterocycles. The Kier molecular flexibility index (Phi) is 6.49. The molecule has 0 aliphatic heterocycles. The normalized spacial score (nSPS) is 10.6. The van der Waals surface area contributed by atoms with Gasteiger partial charge in [0.25, 0.3) is 0 Å². The van der Waals surface area contributed by atoms with Crippen molar-refractivity contribution < 1.29 is 9.47 Å². The summed E-state index contributed by atoms with van der Waals surface area (Å²) in [6.45, 7) is 6.01. The van der Waals surface area contributed by atoms with Crippen molar-refractivity contribution in [3.8, 4) is 11.5 Å². The number of nitrogens with one attached hydrogen (secondary N) is 1. The Hall–Kier alpha value is -2.80. The van der Waals surface area contributed by atoms with Crippen molar-refractivity contribution in [1.29, 1.82) is 0 Å². The molecule has 0 saturated carbocycles. The van der Waals surface area contributed by atoms with Gasteiger partial charge in [0.15, 0.2) is 11.5 Å². The lowest BCUT2D eigenvalue weighted by atomic mass is 10.1. The van der Waals surface area contributed by atoms with Gasteiger partial charge >= 0.3 is 0 Å². The third-order valence-corrected chi connectivity index (χ3v) is 4.33. The van der Waals surface area contributed by atoms with Gasteiger partial charge in [-0.15, -0.1) is 0 Å². The first-order valence-electron chi connectivity index (χ1n) is 8.83. The standard InChI is InChI=1S/C19H22ClN5O2/c1-3-25-19(22-23-24-25)21-12-14-9-7-11-17(26-4-2)18(14)27-13-15-8-5-6-10-16(15)20/h5-11H,3-4,12-13H2,1-2H3,(H,21,22,24). The summed E-state index contributed by atoms with van der Waals surface area (Å²) >= 11 is 6.24. The second-order valence-corrected chi connectivity index (χ2v) is 6.14. The van der Waals surface area contributed by atoms with E-state index in [0.29, 0.717) is 48.8 Å². The lowest BCUT2D eigenvalue weighted by Gasteiger charge is -2.17. The van der Waals surface area contributed by atoms with Gasteiger partial charge in [-0.3, -0.25) is 0 Å². The Bertz CT molecular complexity index is 884. The lowest BCUT2D eigenvalue weighted by Crippen LogP contribution is -2.10. The van der Waals surface area contributed by atoms with Crippen LogP contribution < -0.4 is 14.8 Å². The van der Waals surface area contributed by atoms with Crippen molar-refractivity contribution in [2.45, 2.75) is 33.5 Å². The maximum absolute atomic E-state index is 6.24. The van der Waals surface area contributed by atoms with E-state index in [1.807, 2.05) is 56.3 Å². The zero-order valence-electron chi connectivity index (χ0n) is 15.4. The molecule has 0 unspecified atom stereocenters.